The summed E-state index contributed by atoms with van der Waals surface area (Å²) < 4.78 is 59.0. The normalized spacial score (nSPS) is 14.0. The van der Waals surface area contributed by atoms with Crippen LogP contribution in [-0.4, -0.2) is 20.6 Å². The molecule has 0 fully saturated rings. The van der Waals surface area contributed by atoms with Crippen molar-refractivity contribution in [3.05, 3.63) is 59.4 Å². The van der Waals surface area contributed by atoms with Gasteiger partial charge in [0.05, 0.1) is 15.4 Å². The fourth-order valence-electron chi connectivity index (χ4n) is 2.10. The maximum atomic E-state index is 12.8. The maximum absolute atomic E-state index is 12.8. The zero-order valence-electron chi connectivity index (χ0n) is 13.2. The van der Waals surface area contributed by atoms with Gasteiger partial charge in [-0.2, -0.15) is 22.5 Å². The first-order valence-electron chi connectivity index (χ1n) is 7.14. The first-order valence-corrected chi connectivity index (χ1v) is 9.44. The van der Waals surface area contributed by atoms with Crippen molar-refractivity contribution in [1.29, 1.82) is 0 Å². The summed E-state index contributed by atoms with van der Waals surface area (Å²) in [7, 11) is -2.77. The van der Waals surface area contributed by atoms with E-state index in [1.165, 1.54) is 18.4 Å². The lowest BCUT2D eigenvalue weighted by atomic mass is 10.2. The van der Waals surface area contributed by atoms with Crippen LogP contribution in [0, 0.1) is 0 Å². The molecule has 0 aliphatic carbocycles. The molecule has 0 amide bonds. The Labute approximate surface area is 152 Å². The van der Waals surface area contributed by atoms with Gasteiger partial charge in [-0.05, 0) is 36.4 Å². The van der Waals surface area contributed by atoms with E-state index in [0.717, 1.165) is 0 Å². The molecule has 0 radical (unpaired) electrons. The molecular formula is C16H11ClF3N3O2S. The minimum Gasteiger partial charge on any atom is -0.329 e. The van der Waals surface area contributed by atoms with Crippen molar-refractivity contribution in [1.82, 2.24) is 10.1 Å². The van der Waals surface area contributed by atoms with Crippen LogP contribution in [0.1, 0.15) is 5.89 Å². The number of hydrogen-bond acceptors (Lipinski definition) is 5. The third kappa shape index (κ3) is 4.05. The number of aromatic nitrogens is 2. The predicted molar refractivity (Wildman–Crippen MR) is 90.6 cm³/mol. The number of nitrogens with zero attached hydrogens (tertiary/aromatic N) is 3. The molecule has 10 heteroatoms. The van der Waals surface area contributed by atoms with Crippen LogP contribution in [0.25, 0.3) is 11.4 Å². The highest BCUT2D eigenvalue weighted by molar-refractivity contribution is 7.93. The molecule has 1 unspecified atom stereocenters. The molecule has 0 bridgehead atoms. The van der Waals surface area contributed by atoms with E-state index in [9.17, 15) is 17.4 Å². The lowest BCUT2D eigenvalue weighted by Gasteiger charge is -2.05. The Morgan fingerprint density at radius 1 is 1.15 bits per heavy atom. The van der Waals surface area contributed by atoms with Crippen molar-refractivity contribution >= 4 is 27.0 Å². The Morgan fingerprint density at radius 2 is 1.85 bits per heavy atom. The fourth-order valence-corrected chi connectivity index (χ4v) is 3.49. The van der Waals surface area contributed by atoms with Crippen LogP contribution in [0.4, 0.5) is 18.9 Å². The van der Waals surface area contributed by atoms with Crippen LogP contribution in [0.3, 0.4) is 0 Å². The van der Waals surface area contributed by atoms with Crippen molar-refractivity contribution in [3.8, 4) is 11.4 Å². The topological polar surface area (TPSA) is 68.3 Å². The summed E-state index contributed by atoms with van der Waals surface area (Å²) in [6.07, 6.45) is -3.27. The summed E-state index contributed by atoms with van der Waals surface area (Å²) in [6, 6.07) is 12.5. The Bertz CT molecular complexity index is 1060. The largest absolute Gasteiger partial charge is 0.471 e. The molecule has 0 N–H and O–H groups in total. The van der Waals surface area contributed by atoms with Crippen LogP contribution in [-0.2, 0) is 15.9 Å². The maximum Gasteiger partial charge on any atom is 0.471 e. The van der Waals surface area contributed by atoms with Gasteiger partial charge in [0, 0.05) is 21.7 Å². The van der Waals surface area contributed by atoms with Gasteiger partial charge in [0.25, 0.3) is 0 Å². The summed E-state index contributed by atoms with van der Waals surface area (Å²) in [5.41, 5.74) is 0.570. The van der Waals surface area contributed by atoms with E-state index in [1.807, 2.05) is 0 Å². The molecule has 5 nitrogen and oxygen atoms in total. The smallest absolute Gasteiger partial charge is 0.329 e. The summed E-state index contributed by atoms with van der Waals surface area (Å²) in [5.74, 6) is -1.67. The molecule has 0 aliphatic rings. The molecule has 0 saturated carbocycles. The first kappa shape index (κ1) is 18.4. The quantitative estimate of drug-likeness (QED) is 0.605. The van der Waals surface area contributed by atoms with Crippen LogP contribution in [0.15, 0.2) is 62.3 Å². The molecule has 3 aromatic rings. The zero-order valence-corrected chi connectivity index (χ0v) is 14.8. The van der Waals surface area contributed by atoms with Crippen molar-refractivity contribution in [2.45, 2.75) is 11.1 Å². The second-order valence-electron chi connectivity index (χ2n) is 5.32. The van der Waals surface area contributed by atoms with Gasteiger partial charge in [0.1, 0.15) is 0 Å². The van der Waals surface area contributed by atoms with Gasteiger partial charge >= 0.3 is 12.1 Å². The lowest BCUT2D eigenvalue weighted by Crippen LogP contribution is -2.04. The number of hydrogen-bond donors (Lipinski definition) is 0. The van der Waals surface area contributed by atoms with Crippen LogP contribution < -0.4 is 0 Å². The van der Waals surface area contributed by atoms with Gasteiger partial charge in [0.2, 0.25) is 5.82 Å². The molecule has 0 saturated heterocycles. The molecule has 0 spiro atoms. The number of benzene rings is 2. The van der Waals surface area contributed by atoms with Gasteiger partial charge in [-0.3, -0.25) is 0 Å². The standard InChI is InChI=1S/C16H11ClF3N3O2S/c1-26(24,13-7-5-11(17)6-8-13)23-12-4-2-3-10(9-12)14-21-15(25-22-14)16(18,19)20/h2-9H,1H3. The highest BCUT2D eigenvalue weighted by Crippen LogP contribution is 2.30. The van der Waals surface area contributed by atoms with Gasteiger partial charge in [0.15, 0.2) is 0 Å². The zero-order chi connectivity index (χ0) is 18.9. The highest BCUT2D eigenvalue weighted by atomic mass is 35.5. The van der Waals surface area contributed by atoms with Crippen molar-refractivity contribution in [3.63, 3.8) is 0 Å². The van der Waals surface area contributed by atoms with Crippen LogP contribution in [0.2, 0.25) is 5.02 Å². The van der Waals surface area contributed by atoms with Crippen molar-refractivity contribution in [2.24, 2.45) is 4.36 Å². The average Bonchev–Trinajstić information content (AvgIpc) is 3.05. The SMILES string of the molecule is CS(=O)(=Nc1cccc(-c2noc(C(F)(F)F)n2)c1)c1ccc(Cl)cc1. The van der Waals surface area contributed by atoms with Gasteiger partial charge in [-0.15, -0.1) is 0 Å². The third-order valence-electron chi connectivity index (χ3n) is 3.30. The second-order valence-corrected chi connectivity index (χ2v) is 8.01. The van der Waals surface area contributed by atoms with E-state index >= 15 is 0 Å². The molecular weight excluding hydrogens is 391 g/mol. The van der Waals surface area contributed by atoms with Gasteiger partial charge in [-0.1, -0.05) is 28.9 Å². The molecule has 3 rings (SSSR count). The van der Waals surface area contributed by atoms with E-state index in [2.05, 4.69) is 19.0 Å². The van der Waals surface area contributed by atoms with E-state index in [4.69, 9.17) is 11.6 Å². The molecule has 136 valence electrons. The van der Waals surface area contributed by atoms with Crippen LogP contribution >= 0.6 is 11.6 Å². The number of alkyl halides is 3. The molecule has 26 heavy (non-hydrogen) atoms. The average molecular weight is 402 g/mol. The minimum atomic E-state index is -4.72. The Balaban J connectivity index is 1.98. The molecule has 1 atom stereocenters. The highest BCUT2D eigenvalue weighted by Gasteiger charge is 2.38. The van der Waals surface area contributed by atoms with Gasteiger partial charge < -0.3 is 4.52 Å². The second kappa shape index (κ2) is 6.73. The third-order valence-corrected chi connectivity index (χ3v) is 5.26. The summed E-state index contributed by atoms with van der Waals surface area (Å²) in [6.45, 7) is 0. The summed E-state index contributed by atoms with van der Waals surface area (Å²) in [5, 5.41) is 3.83. The van der Waals surface area contributed by atoms with Crippen molar-refractivity contribution < 1.29 is 21.9 Å². The van der Waals surface area contributed by atoms with Gasteiger partial charge in [-0.25, -0.2) is 4.21 Å². The van der Waals surface area contributed by atoms with E-state index < -0.39 is 21.8 Å². The predicted octanol–water partition coefficient (Wildman–Crippen LogP) is 5.20. The lowest BCUT2D eigenvalue weighted by molar-refractivity contribution is -0.159. The Kier molecular flexibility index (Phi) is 4.76. The number of halogens is 4. The molecule has 2 aromatic carbocycles. The Morgan fingerprint density at radius 3 is 2.46 bits per heavy atom. The van der Waals surface area contributed by atoms with E-state index in [-0.39, 0.29) is 11.4 Å². The summed E-state index contributed by atoms with van der Waals surface area (Å²) >= 11 is 5.82. The van der Waals surface area contributed by atoms with Crippen LogP contribution in [0.5, 0.6) is 0 Å². The first-order chi connectivity index (χ1) is 12.1. The molecule has 1 aromatic heterocycles. The fraction of sp³-hybridized carbons (Fsp3) is 0.125. The summed E-state index contributed by atoms with van der Waals surface area (Å²) in [4.78, 5) is 3.80. The number of rotatable bonds is 3. The molecule has 0 aliphatic heterocycles. The Hall–Kier alpha value is -2.39. The van der Waals surface area contributed by atoms with E-state index in [1.54, 1.807) is 36.4 Å². The van der Waals surface area contributed by atoms with Crippen molar-refractivity contribution in [2.75, 3.05) is 6.26 Å². The van der Waals surface area contributed by atoms with E-state index in [0.29, 0.717) is 15.6 Å². The monoisotopic (exact) mass is 401 g/mol. The minimum absolute atomic E-state index is 0.233. The molecule has 1 heterocycles.